The molecule has 0 aliphatic carbocycles. The maximum atomic E-state index is 12.6. The van der Waals surface area contributed by atoms with E-state index in [1.807, 2.05) is 0 Å². The number of ether oxygens (including phenoxy) is 1. The van der Waals surface area contributed by atoms with Crippen LogP contribution in [0.5, 0.6) is 0 Å². The summed E-state index contributed by atoms with van der Waals surface area (Å²) < 4.78 is 43.0. The van der Waals surface area contributed by atoms with Gasteiger partial charge in [0.2, 0.25) is 5.91 Å². The van der Waals surface area contributed by atoms with Gasteiger partial charge in [-0.25, -0.2) is 4.79 Å². The molecule has 0 aliphatic rings. The zero-order chi connectivity index (χ0) is 24.6. The van der Waals surface area contributed by atoms with Crippen LogP contribution in [0, 0.1) is 0 Å². The first kappa shape index (κ1) is 25.7. The van der Waals surface area contributed by atoms with Crippen LogP contribution in [0.25, 0.3) is 0 Å². The number of nitrogens with one attached hydrogen (secondary N) is 3. The number of benzene rings is 2. The van der Waals surface area contributed by atoms with E-state index in [0.717, 1.165) is 24.3 Å². The number of hydrogen-bond acceptors (Lipinski definition) is 4. The van der Waals surface area contributed by atoms with E-state index in [2.05, 4.69) is 16.0 Å². The third kappa shape index (κ3) is 9.22. The fraction of sp³-hybridized carbons (Fsp3) is 0.348. The standard InChI is InChI=1S/C23H26F3N3O4/c1-22(2,3)33-21(32)27-12-11-19(30)29-18-6-4-5-15(13-18)14-28-20(31)16-7-9-17(10-8-16)23(24,25)26/h4-10,13H,11-12,14H2,1-3H3,(H,27,32)(H,28,31)(H,29,30). The number of hydrogen-bond donors (Lipinski definition) is 3. The highest BCUT2D eigenvalue weighted by Crippen LogP contribution is 2.29. The Morgan fingerprint density at radius 1 is 0.939 bits per heavy atom. The van der Waals surface area contributed by atoms with Crippen molar-refractivity contribution in [3.8, 4) is 0 Å². The molecule has 3 N–H and O–H groups in total. The summed E-state index contributed by atoms with van der Waals surface area (Å²) in [5.41, 5.74) is -0.179. The lowest BCUT2D eigenvalue weighted by Gasteiger charge is -2.19. The molecule has 0 atom stereocenters. The Balaban J connectivity index is 1.82. The molecular formula is C23H26F3N3O4. The van der Waals surface area contributed by atoms with Gasteiger partial charge in [-0.1, -0.05) is 12.1 Å². The zero-order valence-electron chi connectivity index (χ0n) is 18.5. The van der Waals surface area contributed by atoms with Crippen molar-refractivity contribution in [2.45, 2.75) is 45.5 Å². The molecule has 7 nitrogen and oxygen atoms in total. The third-order valence-corrected chi connectivity index (χ3v) is 4.16. The number of anilines is 1. The molecule has 2 rings (SSSR count). The highest BCUT2D eigenvalue weighted by atomic mass is 19.4. The van der Waals surface area contributed by atoms with Crippen LogP contribution in [-0.2, 0) is 22.3 Å². The predicted molar refractivity (Wildman–Crippen MR) is 117 cm³/mol. The average molecular weight is 465 g/mol. The van der Waals surface area contributed by atoms with Crippen LogP contribution in [0.1, 0.15) is 48.7 Å². The molecule has 0 saturated carbocycles. The van der Waals surface area contributed by atoms with Crippen LogP contribution >= 0.6 is 0 Å². The fourth-order valence-electron chi connectivity index (χ4n) is 2.67. The molecule has 0 heterocycles. The second-order valence-corrected chi connectivity index (χ2v) is 8.19. The van der Waals surface area contributed by atoms with E-state index in [1.165, 1.54) is 0 Å². The Morgan fingerprint density at radius 2 is 1.61 bits per heavy atom. The van der Waals surface area contributed by atoms with Crippen LogP contribution in [0.15, 0.2) is 48.5 Å². The second-order valence-electron chi connectivity index (χ2n) is 8.19. The van der Waals surface area contributed by atoms with Crippen molar-refractivity contribution in [3.63, 3.8) is 0 Å². The minimum Gasteiger partial charge on any atom is -0.444 e. The summed E-state index contributed by atoms with van der Waals surface area (Å²) >= 11 is 0. The summed E-state index contributed by atoms with van der Waals surface area (Å²) in [7, 11) is 0. The van der Waals surface area contributed by atoms with Gasteiger partial charge in [0.1, 0.15) is 5.60 Å². The molecule has 2 aromatic rings. The number of carbonyl (C=O) groups is 3. The number of amides is 3. The van der Waals surface area contributed by atoms with Gasteiger partial charge in [0.05, 0.1) is 5.56 Å². The van der Waals surface area contributed by atoms with E-state index in [1.54, 1.807) is 45.0 Å². The largest absolute Gasteiger partial charge is 0.444 e. The first-order valence-corrected chi connectivity index (χ1v) is 10.1. The van der Waals surface area contributed by atoms with Crippen molar-refractivity contribution in [1.29, 1.82) is 0 Å². The first-order chi connectivity index (χ1) is 15.3. The molecule has 10 heteroatoms. The minimum atomic E-state index is -4.47. The molecule has 178 valence electrons. The van der Waals surface area contributed by atoms with Gasteiger partial charge in [-0.05, 0) is 62.7 Å². The van der Waals surface area contributed by atoms with Crippen molar-refractivity contribution < 1.29 is 32.3 Å². The summed E-state index contributed by atoms with van der Waals surface area (Å²) in [5.74, 6) is -0.844. The summed E-state index contributed by atoms with van der Waals surface area (Å²) in [4.78, 5) is 35.9. The maximum absolute atomic E-state index is 12.6. The molecule has 0 radical (unpaired) electrons. The molecule has 33 heavy (non-hydrogen) atoms. The van der Waals surface area contributed by atoms with Crippen molar-refractivity contribution in [2.75, 3.05) is 11.9 Å². The second kappa shape index (κ2) is 10.8. The SMILES string of the molecule is CC(C)(C)OC(=O)NCCC(=O)Nc1cccc(CNC(=O)c2ccc(C(F)(F)F)cc2)c1. The fourth-order valence-corrected chi connectivity index (χ4v) is 2.67. The van der Waals surface area contributed by atoms with Crippen LogP contribution in [0.3, 0.4) is 0 Å². The van der Waals surface area contributed by atoms with E-state index in [4.69, 9.17) is 4.74 Å². The normalized spacial score (nSPS) is 11.5. The van der Waals surface area contributed by atoms with Crippen molar-refractivity contribution >= 4 is 23.6 Å². The van der Waals surface area contributed by atoms with Gasteiger partial charge in [-0.2, -0.15) is 13.2 Å². The average Bonchev–Trinajstić information content (AvgIpc) is 2.70. The van der Waals surface area contributed by atoms with Gasteiger partial charge in [0.15, 0.2) is 0 Å². The van der Waals surface area contributed by atoms with Crippen LogP contribution < -0.4 is 16.0 Å². The van der Waals surface area contributed by atoms with Crippen LogP contribution in [-0.4, -0.2) is 30.1 Å². The summed E-state index contributed by atoms with van der Waals surface area (Å²) in [5, 5.41) is 7.81. The first-order valence-electron chi connectivity index (χ1n) is 10.1. The number of halogens is 3. The lowest BCUT2D eigenvalue weighted by atomic mass is 10.1. The molecule has 0 spiro atoms. The van der Waals surface area contributed by atoms with E-state index in [0.29, 0.717) is 11.3 Å². The Bertz CT molecular complexity index is 984. The van der Waals surface area contributed by atoms with Gasteiger partial charge < -0.3 is 20.7 Å². The molecule has 0 aliphatic heterocycles. The highest BCUT2D eigenvalue weighted by Gasteiger charge is 2.30. The van der Waals surface area contributed by atoms with Crippen LogP contribution in [0.4, 0.5) is 23.7 Å². The third-order valence-electron chi connectivity index (χ3n) is 4.16. The van der Waals surface area contributed by atoms with Crippen LogP contribution in [0.2, 0.25) is 0 Å². The summed E-state index contributed by atoms with van der Waals surface area (Å²) in [6.45, 7) is 5.42. The van der Waals surface area contributed by atoms with E-state index >= 15 is 0 Å². The van der Waals surface area contributed by atoms with E-state index in [9.17, 15) is 27.6 Å². The van der Waals surface area contributed by atoms with E-state index < -0.39 is 29.3 Å². The lowest BCUT2D eigenvalue weighted by molar-refractivity contribution is -0.137. The summed E-state index contributed by atoms with van der Waals surface area (Å²) in [6.07, 6.45) is -5.04. The van der Waals surface area contributed by atoms with Gasteiger partial charge in [-0.3, -0.25) is 9.59 Å². The molecule has 0 bridgehead atoms. The molecule has 0 unspecified atom stereocenters. The number of alkyl halides is 3. The number of rotatable bonds is 7. The molecular weight excluding hydrogens is 439 g/mol. The monoisotopic (exact) mass is 465 g/mol. The van der Waals surface area contributed by atoms with Gasteiger partial charge in [0, 0.05) is 30.8 Å². The molecule has 2 aromatic carbocycles. The Morgan fingerprint density at radius 3 is 2.21 bits per heavy atom. The van der Waals surface area contributed by atoms with Gasteiger partial charge in [0.25, 0.3) is 5.91 Å². The summed E-state index contributed by atoms with van der Waals surface area (Å²) in [6, 6.07) is 10.7. The Kier molecular flexibility index (Phi) is 8.44. The number of alkyl carbamates (subject to hydrolysis) is 1. The Hall–Kier alpha value is -3.56. The molecule has 0 aromatic heterocycles. The van der Waals surface area contributed by atoms with Crippen molar-refractivity contribution in [1.82, 2.24) is 10.6 Å². The molecule has 0 saturated heterocycles. The molecule has 0 fully saturated rings. The quantitative estimate of drug-likeness (QED) is 0.562. The van der Waals surface area contributed by atoms with Gasteiger partial charge >= 0.3 is 12.3 Å². The lowest BCUT2D eigenvalue weighted by Crippen LogP contribution is -2.34. The zero-order valence-corrected chi connectivity index (χ0v) is 18.5. The van der Waals surface area contributed by atoms with E-state index in [-0.39, 0.29) is 31.0 Å². The Labute approximate surface area is 189 Å². The smallest absolute Gasteiger partial charge is 0.416 e. The maximum Gasteiger partial charge on any atom is 0.416 e. The number of carbonyl (C=O) groups excluding carboxylic acids is 3. The highest BCUT2D eigenvalue weighted by molar-refractivity contribution is 5.94. The van der Waals surface area contributed by atoms with Crippen molar-refractivity contribution in [3.05, 3.63) is 65.2 Å². The topological polar surface area (TPSA) is 96.5 Å². The predicted octanol–water partition coefficient (Wildman–Crippen LogP) is 4.49. The van der Waals surface area contributed by atoms with Crippen molar-refractivity contribution in [2.24, 2.45) is 0 Å². The van der Waals surface area contributed by atoms with Gasteiger partial charge in [-0.15, -0.1) is 0 Å². The minimum absolute atomic E-state index is 0.0358. The molecule has 3 amide bonds.